The van der Waals surface area contributed by atoms with Gasteiger partial charge in [-0.05, 0) is 41.1 Å². The van der Waals surface area contributed by atoms with Gasteiger partial charge in [0.05, 0.1) is 12.1 Å². The molecule has 5 nitrogen and oxygen atoms in total. The Labute approximate surface area is 120 Å². The number of hydrogen-bond donors (Lipinski definition) is 3. The third-order valence-electron chi connectivity index (χ3n) is 2.23. The van der Waals surface area contributed by atoms with E-state index in [9.17, 15) is 14.7 Å². The van der Waals surface area contributed by atoms with Crippen molar-refractivity contribution in [2.75, 3.05) is 6.54 Å². The molecule has 0 saturated heterocycles. The van der Waals surface area contributed by atoms with Crippen LogP contribution in [0.1, 0.15) is 17.3 Å². The van der Waals surface area contributed by atoms with Crippen LogP contribution in [0.15, 0.2) is 27.1 Å². The first-order valence-electron chi connectivity index (χ1n) is 4.93. The zero-order valence-electron chi connectivity index (χ0n) is 9.41. The van der Waals surface area contributed by atoms with Gasteiger partial charge in [0.15, 0.2) is 5.60 Å². The first kappa shape index (κ1) is 15.1. The molecule has 1 unspecified atom stereocenters. The Kier molecular flexibility index (Phi) is 4.89. The van der Waals surface area contributed by atoms with Crippen molar-refractivity contribution in [2.24, 2.45) is 0 Å². The first-order valence-corrected chi connectivity index (χ1v) is 6.51. The standard InChI is InChI=1S/C11H11Br2NO4/c1-11(18,10(16)17)5-14-9(15)7-4-6(12)2-3-8(7)13/h2-4,18H,5H2,1H3,(H,14,15)(H,16,17). The number of halogens is 2. The molecule has 98 valence electrons. The van der Waals surface area contributed by atoms with E-state index in [4.69, 9.17) is 5.11 Å². The Hall–Kier alpha value is -0.920. The molecule has 0 aromatic heterocycles. The number of benzene rings is 1. The smallest absolute Gasteiger partial charge is 0.337 e. The highest BCUT2D eigenvalue weighted by molar-refractivity contribution is 9.11. The average molecular weight is 381 g/mol. The van der Waals surface area contributed by atoms with Gasteiger partial charge in [-0.1, -0.05) is 15.9 Å². The molecule has 7 heteroatoms. The second-order valence-electron chi connectivity index (χ2n) is 3.89. The van der Waals surface area contributed by atoms with E-state index in [1.807, 2.05) is 0 Å². The summed E-state index contributed by atoms with van der Waals surface area (Å²) in [7, 11) is 0. The van der Waals surface area contributed by atoms with Crippen molar-refractivity contribution in [3.8, 4) is 0 Å². The number of carbonyl (C=O) groups excluding carboxylic acids is 1. The average Bonchev–Trinajstić information content (AvgIpc) is 2.29. The van der Waals surface area contributed by atoms with E-state index in [1.165, 1.54) is 0 Å². The van der Waals surface area contributed by atoms with Crippen molar-refractivity contribution >= 4 is 43.7 Å². The van der Waals surface area contributed by atoms with Crippen LogP contribution in [0.2, 0.25) is 0 Å². The van der Waals surface area contributed by atoms with Crippen LogP contribution in [-0.2, 0) is 4.79 Å². The molecule has 3 N–H and O–H groups in total. The largest absolute Gasteiger partial charge is 0.479 e. The summed E-state index contributed by atoms with van der Waals surface area (Å²) in [5, 5.41) is 20.5. The van der Waals surface area contributed by atoms with Gasteiger partial charge in [-0.3, -0.25) is 4.79 Å². The van der Waals surface area contributed by atoms with Crippen molar-refractivity contribution in [2.45, 2.75) is 12.5 Å². The number of amides is 1. The minimum absolute atomic E-state index is 0.352. The van der Waals surface area contributed by atoms with Gasteiger partial charge in [-0.25, -0.2) is 4.79 Å². The van der Waals surface area contributed by atoms with Gasteiger partial charge in [0.25, 0.3) is 5.91 Å². The number of hydrogen-bond acceptors (Lipinski definition) is 3. The zero-order valence-corrected chi connectivity index (χ0v) is 12.6. The summed E-state index contributed by atoms with van der Waals surface area (Å²) in [4.78, 5) is 22.5. The van der Waals surface area contributed by atoms with Gasteiger partial charge in [-0.2, -0.15) is 0 Å². The van der Waals surface area contributed by atoms with Crippen LogP contribution < -0.4 is 5.32 Å². The molecule has 0 radical (unpaired) electrons. The van der Waals surface area contributed by atoms with Crippen molar-refractivity contribution in [3.05, 3.63) is 32.7 Å². The Balaban J connectivity index is 2.78. The Morgan fingerprint density at radius 3 is 2.56 bits per heavy atom. The third kappa shape index (κ3) is 3.79. The summed E-state index contributed by atoms with van der Waals surface area (Å²) in [6, 6.07) is 5.04. The van der Waals surface area contributed by atoms with Crippen LogP contribution in [0.25, 0.3) is 0 Å². The molecule has 0 heterocycles. The van der Waals surface area contributed by atoms with Crippen molar-refractivity contribution < 1.29 is 19.8 Å². The molecule has 0 spiro atoms. The zero-order chi connectivity index (χ0) is 13.9. The predicted molar refractivity (Wildman–Crippen MR) is 72.4 cm³/mol. The molecular weight excluding hydrogens is 370 g/mol. The number of carbonyl (C=O) groups is 2. The number of nitrogens with one attached hydrogen (secondary N) is 1. The summed E-state index contributed by atoms with van der Waals surface area (Å²) < 4.78 is 1.30. The second kappa shape index (κ2) is 5.81. The van der Waals surface area contributed by atoms with E-state index in [0.29, 0.717) is 10.0 Å². The van der Waals surface area contributed by atoms with Crippen molar-refractivity contribution in [1.82, 2.24) is 5.32 Å². The van der Waals surface area contributed by atoms with E-state index in [2.05, 4.69) is 37.2 Å². The molecule has 1 rings (SSSR count). The second-order valence-corrected chi connectivity index (χ2v) is 5.66. The van der Waals surface area contributed by atoms with Crippen LogP contribution >= 0.6 is 31.9 Å². The molecule has 18 heavy (non-hydrogen) atoms. The SMILES string of the molecule is CC(O)(CNC(=O)c1cc(Br)ccc1Br)C(=O)O. The number of carboxylic acid groups (broad SMARTS) is 1. The Morgan fingerprint density at radius 1 is 1.39 bits per heavy atom. The molecule has 1 aromatic rings. The van der Waals surface area contributed by atoms with Crippen LogP contribution in [0.4, 0.5) is 0 Å². The number of rotatable bonds is 4. The molecular formula is C11H11Br2NO4. The fourth-order valence-corrected chi connectivity index (χ4v) is 1.88. The lowest BCUT2D eigenvalue weighted by Gasteiger charge is -2.18. The molecule has 0 aliphatic carbocycles. The van der Waals surface area contributed by atoms with Gasteiger partial charge in [0, 0.05) is 8.95 Å². The minimum Gasteiger partial charge on any atom is -0.479 e. The van der Waals surface area contributed by atoms with E-state index in [1.54, 1.807) is 18.2 Å². The molecule has 0 aliphatic rings. The summed E-state index contributed by atoms with van der Waals surface area (Å²) in [6.07, 6.45) is 0. The maximum absolute atomic E-state index is 11.8. The summed E-state index contributed by atoms with van der Waals surface area (Å²) in [5.74, 6) is -1.86. The van der Waals surface area contributed by atoms with Crippen LogP contribution in [0, 0.1) is 0 Å². The molecule has 0 fully saturated rings. The minimum atomic E-state index is -1.99. The molecule has 1 aromatic carbocycles. The quantitative estimate of drug-likeness (QED) is 0.743. The summed E-state index contributed by atoms with van der Waals surface area (Å²) >= 11 is 6.45. The number of aliphatic hydroxyl groups is 1. The first-order chi connectivity index (χ1) is 8.24. The molecule has 1 atom stereocenters. The van der Waals surface area contributed by atoms with Gasteiger partial charge in [0.1, 0.15) is 0 Å². The van der Waals surface area contributed by atoms with E-state index < -0.39 is 17.5 Å². The van der Waals surface area contributed by atoms with E-state index >= 15 is 0 Å². The van der Waals surface area contributed by atoms with Crippen molar-refractivity contribution in [1.29, 1.82) is 0 Å². The summed E-state index contributed by atoms with van der Waals surface area (Å²) in [6.45, 7) is 0.742. The molecule has 0 bridgehead atoms. The molecule has 0 aliphatic heterocycles. The highest BCUT2D eigenvalue weighted by Crippen LogP contribution is 2.21. The van der Waals surface area contributed by atoms with Crippen molar-refractivity contribution in [3.63, 3.8) is 0 Å². The van der Waals surface area contributed by atoms with E-state index in [-0.39, 0.29) is 6.54 Å². The highest BCUT2D eigenvalue weighted by Gasteiger charge is 2.30. The third-order valence-corrected chi connectivity index (χ3v) is 3.41. The van der Waals surface area contributed by atoms with E-state index in [0.717, 1.165) is 11.4 Å². The lowest BCUT2D eigenvalue weighted by molar-refractivity contribution is -0.155. The van der Waals surface area contributed by atoms with Crippen LogP contribution in [0.5, 0.6) is 0 Å². The van der Waals surface area contributed by atoms with Crippen LogP contribution in [-0.4, -0.2) is 34.2 Å². The highest BCUT2D eigenvalue weighted by atomic mass is 79.9. The van der Waals surface area contributed by atoms with Gasteiger partial charge >= 0.3 is 5.97 Å². The maximum Gasteiger partial charge on any atom is 0.337 e. The Morgan fingerprint density at radius 2 is 2.00 bits per heavy atom. The fraction of sp³-hybridized carbons (Fsp3) is 0.273. The van der Waals surface area contributed by atoms with Gasteiger partial charge in [0.2, 0.25) is 0 Å². The summed E-state index contributed by atoms with van der Waals surface area (Å²) in [5.41, 5.74) is -1.64. The van der Waals surface area contributed by atoms with Crippen LogP contribution in [0.3, 0.4) is 0 Å². The Bertz CT molecular complexity index is 488. The number of carboxylic acids is 1. The lowest BCUT2D eigenvalue weighted by Crippen LogP contribution is -2.46. The fourth-order valence-electron chi connectivity index (χ4n) is 1.09. The monoisotopic (exact) mass is 379 g/mol. The lowest BCUT2D eigenvalue weighted by atomic mass is 10.1. The van der Waals surface area contributed by atoms with Gasteiger partial charge in [-0.15, -0.1) is 0 Å². The molecule has 1 amide bonds. The normalized spacial score (nSPS) is 13.8. The molecule has 0 saturated carbocycles. The topological polar surface area (TPSA) is 86.6 Å². The maximum atomic E-state index is 11.8. The number of aliphatic carboxylic acids is 1. The van der Waals surface area contributed by atoms with Gasteiger partial charge < -0.3 is 15.5 Å². The predicted octanol–water partition coefficient (Wildman–Crippen LogP) is 1.78.